The average Bonchev–Trinajstić information content (AvgIpc) is 2.66. The zero-order chi connectivity index (χ0) is 14.7. The van der Waals surface area contributed by atoms with Gasteiger partial charge in [-0.3, -0.25) is 4.79 Å². The quantitative estimate of drug-likeness (QED) is 0.765. The van der Waals surface area contributed by atoms with Crippen molar-refractivity contribution < 1.29 is 9.18 Å². The Hall–Kier alpha value is -1.38. The molecule has 1 atom stereocenters. The molecule has 1 aliphatic heterocycles. The summed E-state index contributed by atoms with van der Waals surface area (Å²) >= 11 is 0. The number of rotatable bonds is 3. The largest absolute Gasteiger partial charge is 0.371 e. The number of carbonyl (C=O) groups is 1. The van der Waals surface area contributed by atoms with Crippen molar-refractivity contribution in [3.8, 4) is 0 Å². The van der Waals surface area contributed by atoms with E-state index in [1.165, 1.54) is 25.8 Å². The molecule has 1 heterocycles. The lowest BCUT2D eigenvalue weighted by Crippen LogP contribution is -2.26. The fourth-order valence-electron chi connectivity index (χ4n) is 3.02. The van der Waals surface area contributed by atoms with Gasteiger partial charge in [-0.2, -0.15) is 0 Å². The summed E-state index contributed by atoms with van der Waals surface area (Å²) in [5.41, 5.74) is 2.04. The van der Waals surface area contributed by atoms with E-state index < -0.39 is 0 Å². The summed E-state index contributed by atoms with van der Waals surface area (Å²) < 4.78 is 13.7. The minimum Gasteiger partial charge on any atom is -0.371 e. The molecule has 20 heavy (non-hydrogen) atoms. The monoisotopic (exact) mass is 277 g/mol. The number of benzene rings is 1. The van der Waals surface area contributed by atoms with Gasteiger partial charge >= 0.3 is 0 Å². The smallest absolute Gasteiger partial charge is 0.161 e. The molecule has 1 unspecified atom stereocenters. The van der Waals surface area contributed by atoms with Crippen molar-refractivity contribution in [1.29, 1.82) is 0 Å². The van der Waals surface area contributed by atoms with Crippen LogP contribution in [0, 0.1) is 18.7 Å². The molecule has 0 spiro atoms. The molecule has 1 saturated heterocycles. The van der Waals surface area contributed by atoms with E-state index >= 15 is 0 Å². The Kier molecular flexibility index (Phi) is 4.79. The van der Waals surface area contributed by atoms with Gasteiger partial charge in [-0.15, -0.1) is 0 Å². The molecule has 0 saturated carbocycles. The van der Waals surface area contributed by atoms with Crippen molar-refractivity contribution in [1.82, 2.24) is 0 Å². The number of Topliss-reactive ketones (excluding diaryl/α,β-unsaturated/α-hetero) is 1. The van der Waals surface area contributed by atoms with Gasteiger partial charge in [0, 0.05) is 24.3 Å². The van der Waals surface area contributed by atoms with E-state index in [0.29, 0.717) is 11.1 Å². The highest BCUT2D eigenvalue weighted by atomic mass is 19.1. The number of anilines is 1. The molecule has 110 valence electrons. The first-order valence-corrected chi connectivity index (χ1v) is 7.59. The molecule has 0 N–H and O–H groups in total. The molecule has 0 radical (unpaired) electrons. The molecule has 2 rings (SSSR count). The van der Waals surface area contributed by atoms with Crippen LogP contribution in [0.5, 0.6) is 0 Å². The number of carbonyl (C=O) groups excluding carboxylic acids is 1. The number of hydrogen-bond acceptors (Lipinski definition) is 2. The lowest BCUT2D eigenvalue weighted by atomic mass is 9.98. The molecule has 0 amide bonds. The van der Waals surface area contributed by atoms with Gasteiger partial charge in [0.15, 0.2) is 5.78 Å². The van der Waals surface area contributed by atoms with E-state index in [1.54, 1.807) is 6.92 Å². The van der Waals surface area contributed by atoms with Gasteiger partial charge in [0.2, 0.25) is 0 Å². The summed E-state index contributed by atoms with van der Waals surface area (Å²) in [5.74, 6) is 0.428. The van der Waals surface area contributed by atoms with Crippen LogP contribution < -0.4 is 4.90 Å². The fourth-order valence-corrected chi connectivity index (χ4v) is 3.02. The molecule has 2 nitrogen and oxygen atoms in total. The van der Waals surface area contributed by atoms with Crippen LogP contribution in [0.15, 0.2) is 12.1 Å². The molecule has 3 heteroatoms. The average molecular weight is 277 g/mol. The summed E-state index contributed by atoms with van der Waals surface area (Å²) in [6.45, 7) is 7.44. The van der Waals surface area contributed by atoms with E-state index in [-0.39, 0.29) is 11.6 Å². The first-order valence-electron chi connectivity index (χ1n) is 7.59. The van der Waals surface area contributed by atoms with Crippen molar-refractivity contribution in [2.24, 2.45) is 5.92 Å². The third-order valence-electron chi connectivity index (χ3n) is 4.42. The number of aryl methyl sites for hydroxylation is 1. The van der Waals surface area contributed by atoms with Crippen LogP contribution in [-0.4, -0.2) is 18.9 Å². The predicted octanol–water partition coefficient (Wildman–Crippen LogP) is 4.35. The number of halogens is 1. The summed E-state index contributed by atoms with van der Waals surface area (Å²) in [5, 5.41) is 0. The summed E-state index contributed by atoms with van der Waals surface area (Å²) in [7, 11) is 0. The topological polar surface area (TPSA) is 20.3 Å². The van der Waals surface area contributed by atoms with Crippen molar-refractivity contribution in [3.05, 3.63) is 29.1 Å². The van der Waals surface area contributed by atoms with Crippen LogP contribution in [0.2, 0.25) is 0 Å². The highest BCUT2D eigenvalue weighted by molar-refractivity contribution is 6.00. The highest BCUT2D eigenvalue weighted by Crippen LogP contribution is 2.29. The maximum absolute atomic E-state index is 13.7. The third kappa shape index (κ3) is 3.20. The number of ketones is 1. The normalized spacial score (nSPS) is 19.8. The van der Waals surface area contributed by atoms with Crippen LogP contribution >= 0.6 is 0 Å². The van der Waals surface area contributed by atoms with Crippen LogP contribution in [0.3, 0.4) is 0 Å². The molecule has 0 aromatic heterocycles. The van der Waals surface area contributed by atoms with Gasteiger partial charge in [-0.05, 0) is 56.7 Å². The van der Waals surface area contributed by atoms with Crippen molar-refractivity contribution >= 4 is 11.5 Å². The Morgan fingerprint density at radius 1 is 1.35 bits per heavy atom. The van der Waals surface area contributed by atoms with Crippen molar-refractivity contribution in [2.75, 3.05) is 18.0 Å². The number of hydrogen-bond donors (Lipinski definition) is 0. The first-order chi connectivity index (χ1) is 9.52. The van der Waals surface area contributed by atoms with Gasteiger partial charge in [0.25, 0.3) is 0 Å². The van der Waals surface area contributed by atoms with E-state index in [1.807, 2.05) is 6.07 Å². The van der Waals surface area contributed by atoms with Gasteiger partial charge in [0.05, 0.1) is 0 Å². The molecule has 0 bridgehead atoms. The zero-order valence-corrected chi connectivity index (χ0v) is 12.7. The Morgan fingerprint density at radius 2 is 2.10 bits per heavy atom. The number of nitrogens with zero attached hydrogens (tertiary/aromatic N) is 1. The highest BCUT2D eigenvalue weighted by Gasteiger charge is 2.20. The molecular weight excluding hydrogens is 253 g/mol. The second-order valence-corrected chi connectivity index (χ2v) is 5.87. The van der Waals surface area contributed by atoms with Crippen LogP contribution in [0.25, 0.3) is 0 Å². The lowest BCUT2D eigenvalue weighted by molar-refractivity contribution is 0.101. The Balaban J connectivity index is 2.31. The second kappa shape index (κ2) is 6.38. The van der Waals surface area contributed by atoms with Crippen molar-refractivity contribution in [2.45, 2.75) is 46.5 Å². The third-order valence-corrected chi connectivity index (χ3v) is 4.42. The summed E-state index contributed by atoms with van der Waals surface area (Å²) in [6.07, 6.45) is 4.77. The zero-order valence-electron chi connectivity index (χ0n) is 12.7. The van der Waals surface area contributed by atoms with Crippen LogP contribution in [0.1, 0.15) is 55.5 Å². The molecule has 1 aromatic rings. The van der Waals surface area contributed by atoms with Gasteiger partial charge in [-0.25, -0.2) is 4.39 Å². The van der Waals surface area contributed by atoms with E-state index in [9.17, 15) is 9.18 Å². The predicted molar refractivity (Wildman–Crippen MR) is 81.0 cm³/mol. The summed E-state index contributed by atoms with van der Waals surface area (Å²) in [4.78, 5) is 14.0. The van der Waals surface area contributed by atoms with Gasteiger partial charge < -0.3 is 4.90 Å². The molecule has 1 aliphatic rings. The molecule has 1 aromatic carbocycles. The van der Waals surface area contributed by atoms with Gasteiger partial charge in [0.1, 0.15) is 5.82 Å². The van der Waals surface area contributed by atoms with Crippen LogP contribution in [0.4, 0.5) is 10.1 Å². The first kappa shape index (κ1) is 15.0. The van der Waals surface area contributed by atoms with E-state index in [4.69, 9.17) is 0 Å². The fraction of sp³-hybridized carbons (Fsp3) is 0.588. The van der Waals surface area contributed by atoms with E-state index in [2.05, 4.69) is 11.8 Å². The van der Waals surface area contributed by atoms with Crippen molar-refractivity contribution in [3.63, 3.8) is 0 Å². The molecular formula is C17H24FNO. The second-order valence-electron chi connectivity index (χ2n) is 5.87. The standard InChI is InChI=1S/C17H24FNO/c1-4-14-6-5-8-19(9-7-14)17-10-12(2)16(18)11-15(17)13(3)20/h10-11,14H,4-9H2,1-3H3. The minimum atomic E-state index is -0.291. The minimum absolute atomic E-state index is 0.0600. The van der Waals surface area contributed by atoms with Gasteiger partial charge in [-0.1, -0.05) is 13.3 Å². The molecule has 1 fully saturated rings. The lowest BCUT2D eigenvalue weighted by Gasteiger charge is -2.25. The maximum atomic E-state index is 13.7. The Bertz CT molecular complexity index is 498. The van der Waals surface area contributed by atoms with E-state index in [0.717, 1.165) is 37.5 Å². The van der Waals surface area contributed by atoms with Crippen LogP contribution in [-0.2, 0) is 0 Å². The SMILES string of the molecule is CCC1CCCN(c2cc(C)c(F)cc2C(C)=O)CC1. The summed E-state index contributed by atoms with van der Waals surface area (Å²) in [6, 6.07) is 3.23. The Labute approximate surface area is 121 Å². The molecule has 0 aliphatic carbocycles. The Morgan fingerprint density at radius 3 is 2.75 bits per heavy atom. The maximum Gasteiger partial charge on any atom is 0.161 e.